The summed E-state index contributed by atoms with van der Waals surface area (Å²) in [6.45, 7) is 5.70. The van der Waals surface area contributed by atoms with E-state index in [1.807, 2.05) is 0 Å². The summed E-state index contributed by atoms with van der Waals surface area (Å²) in [4.78, 5) is 0. The molecule has 0 bridgehead atoms. The normalized spacial score (nSPS) is 12.3. The van der Waals surface area contributed by atoms with Crippen LogP contribution in [0.25, 0.3) is 0 Å². The molecule has 0 aromatic rings. The van der Waals surface area contributed by atoms with Crippen molar-refractivity contribution in [2.24, 2.45) is 0 Å². The summed E-state index contributed by atoms with van der Waals surface area (Å²) in [5, 5.41) is 11.9. The first-order valence-electron chi connectivity index (χ1n) is 3.66. The molecule has 1 unspecified atom stereocenters. The van der Waals surface area contributed by atoms with Gasteiger partial charge in [-0.05, 0) is 19.9 Å². The maximum atomic E-state index is 8.79. The first kappa shape index (κ1) is 13.5. The molecular formula is C7H18NNaO. The second kappa shape index (κ2) is 9.92. The second-order valence-corrected chi connectivity index (χ2v) is 2.41. The van der Waals surface area contributed by atoms with Crippen LogP contribution in [0.1, 0.15) is 26.7 Å². The minimum atomic E-state index is -0.207. The van der Waals surface area contributed by atoms with Crippen molar-refractivity contribution in [1.29, 1.82) is 0 Å². The Labute approximate surface area is 85.7 Å². The molecule has 0 heterocycles. The third-order valence-electron chi connectivity index (χ3n) is 1.15. The average Bonchev–Trinajstić information content (AvgIpc) is 1.80. The Hall–Kier alpha value is 0.920. The summed E-state index contributed by atoms with van der Waals surface area (Å²) in [6, 6.07) is 0. The molecule has 0 radical (unpaired) electrons. The zero-order valence-electron chi connectivity index (χ0n) is 6.35. The van der Waals surface area contributed by atoms with E-state index in [2.05, 4.69) is 12.2 Å². The molecule has 1 atom stereocenters. The van der Waals surface area contributed by atoms with Crippen molar-refractivity contribution >= 4 is 29.6 Å². The fraction of sp³-hybridized carbons (Fsp3) is 1.00. The summed E-state index contributed by atoms with van der Waals surface area (Å²) in [5.74, 6) is 0. The van der Waals surface area contributed by atoms with Crippen LogP contribution in [-0.2, 0) is 0 Å². The Bertz CT molecular complexity index is 59.6. The molecule has 0 spiro atoms. The van der Waals surface area contributed by atoms with E-state index in [1.54, 1.807) is 6.92 Å². The van der Waals surface area contributed by atoms with Crippen molar-refractivity contribution in [3.05, 3.63) is 0 Å². The van der Waals surface area contributed by atoms with Crippen molar-refractivity contribution in [2.45, 2.75) is 32.8 Å². The zero-order valence-corrected chi connectivity index (χ0v) is 6.35. The number of unbranched alkanes of at least 4 members (excludes halogenated alkanes) is 1. The van der Waals surface area contributed by atoms with Crippen molar-refractivity contribution in [2.75, 3.05) is 13.1 Å². The molecule has 0 amide bonds. The predicted molar refractivity (Wildman–Crippen MR) is 46.6 cm³/mol. The van der Waals surface area contributed by atoms with Gasteiger partial charge in [0.25, 0.3) is 0 Å². The van der Waals surface area contributed by atoms with Crippen LogP contribution in [0.15, 0.2) is 0 Å². The molecule has 2 N–H and O–H groups in total. The standard InChI is InChI=1S/C7H17NO.Na.H/c1-3-4-5-8-6-7(2)9;;/h7-9H,3-6H2,1-2H3;;. The molecule has 0 saturated carbocycles. The SMILES string of the molecule is CCCCNCC(C)O.[NaH]. The van der Waals surface area contributed by atoms with Gasteiger partial charge in [-0.3, -0.25) is 0 Å². The number of hydrogen-bond acceptors (Lipinski definition) is 2. The van der Waals surface area contributed by atoms with Crippen LogP contribution in [0, 0.1) is 0 Å². The van der Waals surface area contributed by atoms with Gasteiger partial charge >= 0.3 is 29.6 Å². The minimum absolute atomic E-state index is 0. The number of aliphatic hydroxyl groups is 1. The quantitative estimate of drug-likeness (QED) is 0.436. The van der Waals surface area contributed by atoms with Gasteiger partial charge in [-0.1, -0.05) is 13.3 Å². The van der Waals surface area contributed by atoms with Gasteiger partial charge in [0.1, 0.15) is 0 Å². The van der Waals surface area contributed by atoms with E-state index in [0.29, 0.717) is 0 Å². The number of rotatable bonds is 5. The van der Waals surface area contributed by atoms with E-state index < -0.39 is 0 Å². The zero-order chi connectivity index (χ0) is 7.11. The Morgan fingerprint density at radius 3 is 2.50 bits per heavy atom. The molecule has 2 nitrogen and oxygen atoms in total. The molecule has 0 fully saturated rings. The molecule has 0 rings (SSSR count). The summed E-state index contributed by atoms with van der Waals surface area (Å²) < 4.78 is 0. The van der Waals surface area contributed by atoms with E-state index in [-0.39, 0.29) is 35.7 Å². The topological polar surface area (TPSA) is 32.3 Å². The summed E-state index contributed by atoms with van der Waals surface area (Å²) in [7, 11) is 0. The Kier molecular flexibility index (Phi) is 13.4. The van der Waals surface area contributed by atoms with Gasteiger partial charge in [0.05, 0.1) is 6.10 Å². The van der Waals surface area contributed by atoms with E-state index in [0.717, 1.165) is 13.1 Å². The molecule has 3 heteroatoms. The van der Waals surface area contributed by atoms with Crippen LogP contribution in [0.5, 0.6) is 0 Å². The van der Waals surface area contributed by atoms with Crippen LogP contribution in [0.2, 0.25) is 0 Å². The molecule has 10 heavy (non-hydrogen) atoms. The van der Waals surface area contributed by atoms with Crippen LogP contribution < -0.4 is 5.32 Å². The van der Waals surface area contributed by atoms with Gasteiger partial charge in [-0.15, -0.1) is 0 Å². The Morgan fingerprint density at radius 1 is 1.50 bits per heavy atom. The monoisotopic (exact) mass is 155 g/mol. The van der Waals surface area contributed by atoms with E-state index >= 15 is 0 Å². The van der Waals surface area contributed by atoms with E-state index in [9.17, 15) is 0 Å². The molecule has 0 aromatic carbocycles. The van der Waals surface area contributed by atoms with Crippen LogP contribution in [0.3, 0.4) is 0 Å². The van der Waals surface area contributed by atoms with Crippen molar-refractivity contribution in [3.8, 4) is 0 Å². The van der Waals surface area contributed by atoms with Crippen LogP contribution >= 0.6 is 0 Å². The maximum absolute atomic E-state index is 8.79. The number of aliphatic hydroxyl groups excluding tert-OH is 1. The first-order valence-corrected chi connectivity index (χ1v) is 3.66. The summed E-state index contributed by atoms with van der Waals surface area (Å²) in [6.07, 6.45) is 2.21. The fourth-order valence-electron chi connectivity index (χ4n) is 0.613. The van der Waals surface area contributed by atoms with Crippen molar-refractivity contribution < 1.29 is 5.11 Å². The molecule has 0 saturated heterocycles. The Morgan fingerprint density at radius 2 is 2.10 bits per heavy atom. The third-order valence-corrected chi connectivity index (χ3v) is 1.15. The average molecular weight is 155 g/mol. The third kappa shape index (κ3) is 11.7. The molecule has 0 aliphatic rings. The Balaban J connectivity index is 0. The summed E-state index contributed by atoms with van der Waals surface area (Å²) in [5.41, 5.74) is 0. The second-order valence-electron chi connectivity index (χ2n) is 2.41. The van der Waals surface area contributed by atoms with Crippen molar-refractivity contribution in [1.82, 2.24) is 5.32 Å². The molecule has 0 aromatic heterocycles. The van der Waals surface area contributed by atoms with Gasteiger partial charge in [-0.25, -0.2) is 0 Å². The number of hydrogen-bond donors (Lipinski definition) is 2. The van der Waals surface area contributed by atoms with Crippen LogP contribution in [-0.4, -0.2) is 53.9 Å². The van der Waals surface area contributed by atoms with Gasteiger partial charge < -0.3 is 10.4 Å². The van der Waals surface area contributed by atoms with Gasteiger partial charge in [0.15, 0.2) is 0 Å². The summed E-state index contributed by atoms with van der Waals surface area (Å²) >= 11 is 0. The first-order chi connectivity index (χ1) is 4.27. The fourth-order valence-corrected chi connectivity index (χ4v) is 0.613. The van der Waals surface area contributed by atoms with Gasteiger partial charge in [-0.2, -0.15) is 0 Å². The number of nitrogens with one attached hydrogen (secondary N) is 1. The van der Waals surface area contributed by atoms with Crippen LogP contribution in [0.4, 0.5) is 0 Å². The van der Waals surface area contributed by atoms with Crippen molar-refractivity contribution in [3.63, 3.8) is 0 Å². The van der Waals surface area contributed by atoms with Gasteiger partial charge in [0, 0.05) is 6.54 Å². The van der Waals surface area contributed by atoms with E-state index in [4.69, 9.17) is 5.11 Å². The molecule has 58 valence electrons. The predicted octanol–water partition coefficient (Wildman–Crippen LogP) is 0.108. The molecular weight excluding hydrogens is 137 g/mol. The van der Waals surface area contributed by atoms with Gasteiger partial charge in [0.2, 0.25) is 0 Å². The molecule has 0 aliphatic heterocycles. The molecule has 0 aliphatic carbocycles. The van der Waals surface area contributed by atoms with E-state index in [1.165, 1.54) is 12.8 Å².